The Kier molecular flexibility index (Phi) is 2.52. The van der Waals surface area contributed by atoms with E-state index in [1.807, 2.05) is 20.0 Å². The largest absolute Gasteiger partial charge is 0.321 e. The fourth-order valence-electron chi connectivity index (χ4n) is 1.30. The molecule has 0 saturated heterocycles. The van der Waals surface area contributed by atoms with Crippen LogP contribution in [0.25, 0.3) is 0 Å². The molecule has 0 fully saturated rings. The molecule has 0 atom stereocenters. The summed E-state index contributed by atoms with van der Waals surface area (Å²) in [4.78, 5) is 8.21. The van der Waals surface area contributed by atoms with E-state index in [0.717, 1.165) is 11.4 Å². The predicted molar refractivity (Wildman–Crippen MR) is 58.0 cm³/mol. The lowest BCUT2D eigenvalue weighted by atomic mass is 10.3. The molecule has 16 heavy (non-hydrogen) atoms. The van der Waals surface area contributed by atoms with Crippen molar-refractivity contribution in [2.24, 2.45) is 7.05 Å². The van der Waals surface area contributed by atoms with Gasteiger partial charge < -0.3 is 5.32 Å². The number of anilines is 2. The minimum absolute atomic E-state index is 0.346. The quantitative estimate of drug-likeness (QED) is 0.810. The Morgan fingerprint density at radius 3 is 2.88 bits per heavy atom. The maximum Gasteiger partial charge on any atom is 0.228 e. The van der Waals surface area contributed by atoms with Gasteiger partial charge in [-0.15, -0.1) is 0 Å². The average Bonchev–Trinajstić information content (AvgIpc) is 2.63. The molecule has 0 saturated carbocycles. The highest BCUT2D eigenvalue weighted by Crippen LogP contribution is 2.11. The highest BCUT2D eigenvalue weighted by atomic mass is 15.3. The van der Waals surface area contributed by atoms with E-state index in [9.17, 15) is 0 Å². The van der Waals surface area contributed by atoms with E-state index in [4.69, 9.17) is 5.26 Å². The molecule has 80 valence electrons. The maximum absolute atomic E-state index is 8.77. The van der Waals surface area contributed by atoms with Crippen LogP contribution in [0.3, 0.4) is 0 Å². The predicted octanol–water partition coefficient (Wildman–Crippen LogP) is 1.13. The van der Waals surface area contributed by atoms with Crippen LogP contribution in [-0.4, -0.2) is 19.7 Å². The first-order valence-electron chi connectivity index (χ1n) is 4.69. The Morgan fingerprint density at radius 2 is 2.25 bits per heavy atom. The molecule has 2 rings (SSSR count). The third kappa shape index (κ3) is 2.15. The average molecular weight is 214 g/mol. The van der Waals surface area contributed by atoms with Crippen LogP contribution in [0, 0.1) is 18.3 Å². The summed E-state index contributed by atoms with van der Waals surface area (Å²) in [5, 5.41) is 15.8. The second-order valence-corrected chi connectivity index (χ2v) is 3.36. The third-order valence-corrected chi connectivity index (χ3v) is 1.93. The summed E-state index contributed by atoms with van der Waals surface area (Å²) in [5.41, 5.74) is 1.88. The molecule has 0 aliphatic heterocycles. The Balaban J connectivity index is 2.28. The van der Waals surface area contributed by atoms with Gasteiger partial charge in [0.2, 0.25) is 5.95 Å². The first kappa shape index (κ1) is 10.1. The third-order valence-electron chi connectivity index (χ3n) is 1.93. The van der Waals surface area contributed by atoms with Gasteiger partial charge in [-0.05, 0) is 13.0 Å². The van der Waals surface area contributed by atoms with Crippen LogP contribution in [0.1, 0.15) is 11.4 Å². The topological polar surface area (TPSA) is 79.4 Å². The zero-order chi connectivity index (χ0) is 11.5. The fourth-order valence-corrected chi connectivity index (χ4v) is 1.30. The second-order valence-electron chi connectivity index (χ2n) is 3.36. The molecule has 0 spiro atoms. The van der Waals surface area contributed by atoms with Crippen LogP contribution in [0.4, 0.5) is 11.6 Å². The van der Waals surface area contributed by atoms with E-state index in [1.165, 1.54) is 0 Å². The Morgan fingerprint density at radius 1 is 1.44 bits per heavy atom. The number of aromatic nitrogens is 4. The molecule has 6 heteroatoms. The molecule has 0 bridgehead atoms. The summed E-state index contributed by atoms with van der Waals surface area (Å²) in [6.45, 7) is 1.82. The number of nitrogens with zero attached hydrogens (tertiary/aromatic N) is 5. The number of hydrogen-bond acceptors (Lipinski definition) is 5. The highest BCUT2D eigenvalue weighted by Gasteiger charge is 2.03. The van der Waals surface area contributed by atoms with Gasteiger partial charge in [-0.2, -0.15) is 10.4 Å². The molecule has 0 aliphatic rings. The van der Waals surface area contributed by atoms with Crippen molar-refractivity contribution in [1.29, 1.82) is 5.26 Å². The highest BCUT2D eigenvalue weighted by molar-refractivity contribution is 5.51. The molecular weight excluding hydrogens is 204 g/mol. The van der Waals surface area contributed by atoms with Gasteiger partial charge in [0.15, 0.2) is 0 Å². The number of rotatable bonds is 2. The zero-order valence-electron chi connectivity index (χ0n) is 8.97. The molecule has 0 aliphatic carbocycles. The van der Waals surface area contributed by atoms with Crippen molar-refractivity contribution in [2.45, 2.75) is 6.92 Å². The van der Waals surface area contributed by atoms with Crippen LogP contribution in [0.2, 0.25) is 0 Å². The molecule has 1 N–H and O–H groups in total. The molecule has 2 heterocycles. The lowest BCUT2D eigenvalue weighted by Crippen LogP contribution is -1.99. The van der Waals surface area contributed by atoms with E-state index in [-0.39, 0.29) is 0 Å². The molecular formula is C10H10N6. The van der Waals surface area contributed by atoms with Crippen molar-refractivity contribution < 1.29 is 0 Å². The van der Waals surface area contributed by atoms with E-state index in [2.05, 4.69) is 20.4 Å². The Bertz CT molecular complexity index is 551. The molecule has 2 aromatic heterocycles. The van der Waals surface area contributed by atoms with Crippen molar-refractivity contribution in [2.75, 3.05) is 5.32 Å². The molecule has 2 aromatic rings. The number of aryl methyl sites for hydroxylation is 2. The molecule has 0 radical (unpaired) electrons. The maximum atomic E-state index is 8.77. The zero-order valence-corrected chi connectivity index (χ0v) is 8.97. The second kappa shape index (κ2) is 3.98. The lowest BCUT2D eigenvalue weighted by Gasteiger charge is -2.02. The molecule has 0 amide bonds. The Hall–Kier alpha value is -2.42. The summed E-state index contributed by atoms with van der Waals surface area (Å²) in [7, 11) is 1.82. The first-order valence-corrected chi connectivity index (χ1v) is 4.69. The van der Waals surface area contributed by atoms with E-state index in [0.29, 0.717) is 11.6 Å². The molecule has 0 unspecified atom stereocenters. The lowest BCUT2D eigenvalue weighted by molar-refractivity contribution is 0.768. The minimum Gasteiger partial charge on any atom is -0.321 e. The van der Waals surface area contributed by atoms with Crippen molar-refractivity contribution in [3.8, 4) is 6.07 Å². The summed E-state index contributed by atoms with van der Waals surface area (Å²) in [6.07, 6.45) is 3.47. The van der Waals surface area contributed by atoms with Crippen LogP contribution < -0.4 is 5.32 Å². The first-order chi connectivity index (χ1) is 7.67. The van der Waals surface area contributed by atoms with Crippen LogP contribution >= 0.6 is 0 Å². The number of nitrogens with one attached hydrogen (secondary N) is 1. The van der Waals surface area contributed by atoms with Gasteiger partial charge in [0.25, 0.3) is 0 Å². The monoisotopic (exact) mass is 214 g/mol. The van der Waals surface area contributed by atoms with E-state index < -0.39 is 0 Å². The van der Waals surface area contributed by atoms with Gasteiger partial charge in [-0.3, -0.25) is 4.68 Å². The van der Waals surface area contributed by atoms with Gasteiger partial charge in [-0.25, -0.2) is 9.97 Å². The van der Waals surface area contributed by atoms with Gasteiger partial charge in [0.1, 0.15) is 11.8 Å². The van der Waals surface area contributed by atoms with Crippen LogP contribution in [0.5, 0.6) is 0 Å². The molecule has 0 aromatic carbocycles. The van der Waals surface area contributed by atoms with Crippen molar-refractivity contribution in [1.82, 2.24) is 19.7 Å². The SMILES string of the molecule is Cc1cc(C#N)nc(Nc2cnn(C)c2)n1. The van der Waals surface area contributed by atoms with Crippen LogP contribution in [0.15, 0.2) is 18.5 Å². The normalized spacial score (nSPS) is 9.81. The summed E-state index contributed by atoms with van der Waals surface area (Å²) in [6, 6.07) is 3.62. The van der Waals surface area contributed by atoms with Crippen molar-refractivity contribution >= 4 is 11.6 Å². The number of hydrogen-bond donors (Lipinski definition) is 1. The van der Waals surface area contributed by atoms with Crippen LogP contribution in [-0.2, 0) is 7.05 Å². The van der Waals surface area contributed by atoms with E-state index >= 15 is 0 Å². The van der Waals surface area contributed by atoms with Crippen molar-refractivity contribution in [3.63, 3.8) is 0 Å². The standard InChI is InChI=1S/C10H10N6/c1-7-3-8(4-11)14-10(13-7)15-9-5-12-16(2)6-9/h3,5-6H,1-2H3,(H,13,14,15). The number of nitriles is 1. The summed E-state index contributed by atoms with van der Waals surface area (Å²) in [5.74, 6) is 0.407. The molecule has 6 nitrogen and oxygen atoms in total. The minimum atomic E-state index is 0.346. The Labute approximate surface area is 92.6 Å². The summed E-state index contributed by atoms with van der Waals surface area (Å²) >= 11 is 0. The van der Waals surface area contributed by atoms with Gasteiger partial charge in [0, 0.05) is 18.9 Å². The van der Waals surface area contributed by atoms with Gasteiger partial charge in [0.05, 0.1) is 11.9 Å². The smallest absolute Gasteiger partial charge is 0.228 e. The van der Waals surface area contributed by atoms with Crippen molar-refractivity contribution in [3.05, 3.63) is 29.8 Å². The van der Waals surface area contributed by atoms with Gasteiger partial charge in [-0.1, -0.05) is 0 Å². The van der Waals surface area contributed by atoms with E-state index in [1.54, 1.807) is 23.1 Å². The summed E-state index contributed by atoms with van der Waals surface area (Å²) < 4.78 is 1.67. The van der Waals surface area contributed by atoms with Gasteiger partial charge >= 0.3 is 0 Å². The fraction of sp³-hybridized carbons (Fsp3) is 0.200.